The first-order valence-electron chi connectivity index (χ1n) is 8.47. The second-order valence-electron chi connectivity index (χ2n) is 6.11. The molecule has 1 saturated heterocycles. The zero-order valence-electron chi connectivity index (χ0n) is 14.8. The third-order valence-electron chi connectivity index (χ3n) is 4.24. The molecule has 0 spiro atoms. The summed E-state index contributed by atoms with van der Waals surface area (Å²) in [5, 5.41) is 5.30. The van der Waals surface area contributed by atoms with Gasteiger partial charge in [-0.3, -0.25) is 19.5 Å². The third kappa shape index (κ3) is 4.60. The summed E-state index contributed by atoms with van der Waals surface area (Å²) in [5.41, 5.74) is 1.70. The predicted octanol–water partition coefficient (Wildman–Crippen LogP) is 1.22. The highest BCUT2D eigenvalue weighted by Gasteiger charge is 2.38. The number of carbonyl (C=O) groups is 3. The number of urea groups is 1. The number of hydrogen-bond donors (Lipinski definition) is 2. The summed E-state index contributed by atoms with van der Waals surface area (Å²) in [7, 11) is 1.57. The van der Waals surface area contributed by atoms with Crippen LogP contribution in [0, 0.1) is 0 Å². The fourth-order valence-electron chi connectivity index (χ4n) is 2.74. The van der Waals surface area contributed by atoms with E-state index in [4.69, 9.17) is 4.74 Å². The second kappa shape index (κ2) is 8.31. The maximum Gasteiger partial charge on any atom is 0.325 e. The van der Waals surface area contributed by atoms with Crippen LogP contribution in [-0.4, -0.2) is 40.9 Å². The van der Waals surface area contributed by atoms with Crippen LogP contribution in [0.3, 0.4) is 0 Å². The first kappa shape index (κ1) is 18.4. The zero-order chi connectivity index (χ0) is 19.2. The summed E-state index contributed by atoms with van der Waals surface area (Å²) >= 11 is 0. The average Bonchev–Trinajstić information content (AvgIpc) is 2.95. The Morgan fingerprint density at radius 1 is 1.15 bits per heavy atom. The molecule has 27 heavy (non-hydrogen) atoms. The molecule has 1 aromatic carbocycles. The normalized spacial score (nSPS) is 16.2. The molecule has 3 rings (SSSR count). The number of nitrogens with zero attached hydrogens (tertiary/aromatic N) is 2. The van der Waals surface area contributed by atoms with Gasteiger partial charge in [-0.05, 0) is 35.4 Å². The van der Waals surface area contributed by atoms with Crippen molar-refractivity contribution in [2.24, 2.45) is 0 Å². The van der Waals surface area contributed by atoms with Gasteiger partial charge in [-0.1, -0.05) is 12.1 Å². The van der Waals surface area contributed by atoms with Crippen molar-refractivity contribution in [1.82, 2.24) is 20.5 Å². The minimum Gasteiger partial charge on any atom is -0.497 e. The Morgan fingerprint density at radius 3 is 2.52 bits per heavy atom. The van der Waals surface area contributed by atoms with Crippen LogP contribution in [0.5, 0.6) is 5.75 Å². The van der Waals surface area contributed by atoms with Crippen LogP contribution in [-0.2, 0) is 22.7 Å². The van der Waals surface area contributed by atoms with Crippen molar-refractivity contribution in [2.45, 2.75) is 25.6 Å². The molecular weight excluding hydrogens is 348 g/mol. The molecule has 1 fully saturated rings. The van der Waals surface area contributed by atoms with E-state index in [1.807, 2.05) is 0 Å². The quantitative estimate of drug-likeness (QED) is 0.716. The number of imide groups is 1. The van der Waals surface area contributed by atoms with Gasteiger partial charge in [-0.15, -0.1) is 0 Å². The van der Waals surface area contributed by atoms with E-state index >= 15 is 0 Å². The number of benzene rings is 1. The highest BCUT2D eigenvalue weighted by molar-refractivity contribution is 6.05. The molecule has 8 nitrogen and oxygen atoms in total. The zero-order valence-corrected chi connectivity index (χ0v) is 14.8. The van der Waals surface area contributed by atoms with Crippen molar-refractivity contribution in [1.29, 1.82) is 0 Å². The lowest BCUT2D eigenvalue weighted by atomic mass is 10.1. The van der Waals surface area contributed by atoms with E-state index in [1.165, 1.54) is 0 Å². The van der Waals surface area contributed by atoms with Gasteiger partial charge in [0.15, 0.2) is 0 Å². The van der Waals surface area contributed by atoms with E-state index in [2.05, 4.69) is 15.6 Å². The smallest absolute Gasteiger partial charge is 0.325 e. The number of rotatable bonds is 7. The van der Waals surface area contributed by atoms with Crippen LogP contribution in [0.1, 0.15) is 17.5 Å². The van der Waals surface area contributed by atoms with Crippen molar-refractivity contribution in [3.63, 3.8) is 0 Å². The van der Waals surface area contributed by atoms with Crippen LogP contribution < -0.4 is 15.4 Å². The number of aromatic nitrogens is 1. The Balaban J connectivity index is 1.54. The fraction of sp³-hybridized carbons (Fsp3) is 0.263. The maximum atomic E-state index is 12.5. The first-order chi connectivity index (χ1) is 13.1. The molecule has 2 N–H and O–H groups in total. The van der Waals surface area contributed by atoms with Gasteiger partial charge in [0.05, 0.1) is 20.1 Å². The molecule has 2 heterocycles. The van der Waals surface area contributed by atoms with Crippen LogP contribution in [0.15, 0.2) is 48.8 Å². The van der Waals surface area contributed by atoms with Crippen molar-refractivity contribution in [3.05, 3.63) is 59.9 Å². The summed E-state index contributed by atoms with van der Waals surface area (Å²) in [5.74, 6) is -0.0219. The topological polar surface area (TPSA) is 101 Å². The van der Waals surface area contributed by atoms with Crippen LogP contribution >= 0.6 is 0 Å². The molecule has 8 heteroatoms. The molecule has 1 aliphatic rings. The van der Waals surface area contributed by atoms with E-state index in [0.29, 0.717) is 12.3 Å². The van der Waals surface area contributed by atoms with E-state index in [1.54, 1.807) is 55.9 Å². The molecule has 4 amide bonds. The number of methoxy groups -OCH3 is 1. The second-order valence-corrected chi connectivity index (χ2v) is 6.11. The Morgan fingerprint density at radius 2 is 1.85 bits per heavy atom. The van der Waals surface area contributed by atoms with Crippen molar-refractivity contribution in [2.75, 3.05) is 7.11 Å². The molecule has 140 valence electrons. The SMILES string of the molecule is COc1ccc(CN2C(=O)NC(CC(=O)NCc3ccncc3)C2=O)cc1. The molecule has 2 aromatic rings. The average molecular weight is 368 g/mol. The minimum atomic E-state index is -0.854. The first-order valence-corrected chi connectivity index (χ1v) is 8.47. The molecule has 0 radical (unpaired) electrons. The van der Waals surface area contributed by atoms with Crippen LogP contribution in [0.4, 0.5) is 4.79 Å². The van der Waals surface area contributed by atoms with Crippen LogP contribution in [0.25, 0.3) is 0 Å². The highest BCUT2D eigenvalue weighted by Crippen LogP contribution is 2.17. The summed E-state index contributed by atoms with van der Waals surface area (Å²) in [6.07, 6.45) is 3.17. The Bertz CT molecular complexity index is 823. The van der Waals surface area contributed by atoms with Gasteiger partial charge in [-0.2, -0.15) is 0 Å². The van der Waals surface area contributed by atoms with Crippen molar-refractivity contribution in [3.8, 4) is 5.75 Å². The number of hydrogen-bond acceptors (Lipinski definition) is 5. The standard InChI is InChI=1S/C19H20N4O4/c1-27-15-4-2-14(3-5-15)12-23-18(25)16(22-19(23)26)10-17(24)21-11-13-6-8-20-9-7-13/h2-9,16H,10-12H2,1H3,(H,21,24)(H,22,26). The number of pyridine rings is 1. The summed E-state index contributed by atoms with van der Waals surface area (Å²) in [4.78, 5) is 41.7. The summed E-state index contributed by atoms with van der Waals surface area (Å²) in [6, 6.07) is 9.33. The summed E-state index contributed by atoms with van der Waals surface area (Å²) in [6.45, 7) is 0.482. The Kier molecular flexibility index (Phi) is 5.65. The Labute approximate surface area is 156 Å². The molecule has 1 aliphatic heterocycles. The monoisotopic (exact) mass is 368 g/mol. The van der Waals surface area contributed by atoms with E-state index in [9.17, 15) is 14.4 Å². The van der Waals surface area contributed by atoms with Gasteiger partial charge in [0.1, 0.15) is 11.8 Å². The highest BCUT2D eigenvalue weighted by atomic mass is 16.5. The minimum absolute atomic E-state index is 0.102. The van der Waals surface area contributed by atoms with Gasteiger partial charge in [-0.25, -0.2) is 4.79 Å². The number of nitrogens with one attached hydrogen (secondary N) is 2. The lowest BCUT2D eigenvalue weighted by Crippen LogP contribution is -2.36. The van der Waals surface area contributed by atoms with Crippen LogP contribution in [0.2, 0.25) is 0 Å². The molecule has 1 aromatic heterocycles. The lowest BCUT2D eigenvalue weighted by molar-refractivity contribution is -0.131. The van der Waals surface area contributed by atoms with Gasteiger partial charge < -0.3 is 15.4 Å². The van der Waals surface area contributed by atoms with Gasteiger partial charge in [0.25, 0.3) is 5.91 Å². The largest absolute Gasteiger partial charge is 0.497 e. The number of carbonyl (C=O) groups excluding carboxylic acids is 3. The van der Waals surface area contributed by atoms with Crippen molar-refractivity contribution >= 4 is 17.8 Å². The predicted molar refractivity (Wildman–Crippen MR) is 96.6 cm³/mol. The van der Waals surface area contributed by atoms with Gasteiger partial charge in [0, 0.05) is 18.9 Å². The van der Waals surface area contributed by atoms with E-state index in [-0.39, 0.29) is 18.9 Å². The fourth-order valence-corrected chi connectivity index (χ4v) is 2.74. The molecule has 1 unspecified atom stereocenters. The van der Waals surface area contributed by atoms with Gasteiger partial charge >= 0.3 is 6.03 Å². The third-order valence-corrected chi connectivity index (χ3v) is 4.24. The number of ether oxygens (including phenoxy) is 1. The van der Waals surface area contributed by atoms with E-state index in [0.717, 1.165) is 16.0 Å². The maximum absolute atomic E-state index is 12.5. The van der Waals surface area contributed by atoms with Crippen molar-refractivity contribution < 1.29 is 19.1 Å². The molecule has 0 bridgehead atoms. The molecule has 0 aliphatic carbocycles. The number of amides is 4. The molecular formula is C19H20N4O4. The molecule has 0 saturated carbocycles. The lowest BCUT2D eigenvalue weighted by Gasteiger charge is -2.13. The summed E-state index contributed by atoms with van der Waals surface area (Å²) < 4.78 is 5.09. The van der Waals surface area contributed by atoms with E-state index < -0.39 is 18.0 Å². The van der Waals surface area contributed by atoms with Gasteiger partial charge in [0.2, 0.25) is 5.91 Å². The Hall–Kier alpha value is -3.42. The molecule has 1 atom stereocenters.